The average molecular weight is 501 g/mol. The van der Waals surface area contributed by atoms with Crippen molar-refractivity contribution in [3.05, 3.63) is 104 Å². The van der Waals surface area contributed by atoms with Gasteiger partial charge in [0.05, 0.1) is 33.2 Å². The topological polar surface area (TPSA) is 55.2 Å². The maximum Gasteiger partial charge on any atom is 0.266 e. The highest BCUT2D eigenvalue weighted by Gasteiger charge is 2.28. The van der Waals surface area contributed by atoms with E-state index in [1.165, 1.54) is 10.6 Å². The lowest BCUT2D eigenvalue weighted by atomic mass is 10.1. The Morgan fingerprint density at radius 2 is 1.73 bits per heavy atom. The number of amides is 1. The lowest BCUT2D eigenvalue weighted by Gasteiger charge is -2.29. The Labute approximate surface area is 206 Å². The third-order valence-corrected chi connectivity index (χ3v) is 6.29. The summed E-state index contributed by atoms with van der Waals surface area (Å²) in [6.45, 7) is 1.93. The summed E-state index contributed by atoms with van der Waals surface area (Å²) in [6.07, 6.45) is 0.513. The number of nitrogens with zero attached hydrogens (tertiary/aromatic N) is 3. The Morgan fingerprint density at radius 1 is 1.00 bits per heavy atom. The van der Waals surface area contributed by atoms with Crippen molar-refractivity contribution in [2.24, 2.45) is 0 Å². The van der Waals surface area contributed by atoms with Crippen LogP contribution in [0.2, 0.25) is 15.1 Å². The highest BCUT2D eigenvalue weighted by molar-refractivity contribution is 6.36. The zero-order valence-corrected chi connectivity index (χ0v) is 20.2. The summed E-state index contributed by atoms with van der Waals surface area (Å²) < 4.78 is 1.52. The lowest BCUT2D eigenvalue weighted by Crippen LogP contribution is -2.36. The van der Waals surface area contributed by atoms with E-state index in [1.807, 2.05) is 13.0 Å². The molecule has 3 aromatic carbocycles. The summed E-state index contributed by atoms with van der Waals surface area (Å²) in [7, 11) is 1.67. The molecule has 0 aliphatic rings. The zero-order chi connectivity index (χ0) is 23.7. The first kappa shape index (κ1) is 23.3. The minimum atomic E-state index is -0.513. The van der Waals surface area contributed by atoms with Crippen molar-refractivity contribution in [1.82, 2.24) is 14.5 Å². The van der Waals surface area contributed by atoms with Gasteiger partial charge in [0.15, 0.2) is 0 Å². The molecule has 0 radical (unpaired) electrons. The van der Waals surface area contributed by atoms with E-state index in [-0.39, 0.29) is 16.5 Å². The standard InChI is InChI=1S/C25H20Cl3N3O2/c1-3-22(30(2)24(32)18-12-11-16(27)14-20(18)28)23-29-21-10-5-4-9-19(21)25(33)31(23)17-8-6-7-15(26)13-17/h4-14,22H,3H2,1-2H3/t22-/m1/s1. The zero-order valence-electron chi connectivity index (χ0n) is 17.9. The van der Waals surface area contributed by atoms with Gasteiger partial charge in [-0.05, 0) is 55.0 Å². The van der Waals surface area contributed by atoms with Crippen molar-refractivity contribution in [3.63, 3.8) is 0 Å². The number of halogens is 3. The van der Waals surface area contributed by atoms with Gasteiger partial charge in [-0.15, -0.1) is 0 Å². The first-order valence-corrected chi connectivity index (χ1v) is 11.4. The first-order chi connectivity index (χ1) is 15.8. The lowest BCUT2D eigenvalue weighted by molar-refractivity contribution is 0.0717. The number of fused-ring (bicyclic) bond motifs is 1. The fourth-order valence-corrected chi connectivity index (χ4v) is 4.54. The summed E-state index contributed by atoms with van der Waals surface area (Å²) >= 11 is 18.5. The van der Waals surface area contributed by atoms with Crippen molar-refractivity contribution in [3.8, 4) is 5.69 Å². The SMILES string of the molecule is CC[C@H](c1nc2ccccc2c(=O)n1-c1cccc(Cl)c1)N(C)C(=O)c1ccc(Cl)cc1Cl. The van der Waals surface area contributed by atoms with Crippen LogP contribution in [0, 0.1) is 0 Å². The van der Waals surface area contributed by atoms with E-state index in [1.54, 1.807) is 66.5 Å². The Balaban J connectivity index is 1.91. The Hall–Kier alpha value is -2.86. The maximum atomic E-state index is 13.6. The third kappa shape index (κ3) is 4.49. The highest BCUT2D eigenvalue weighted by atomic mass is 35.5. The summed E-state index contributed by atoms with van der Waals surface area (Å²) in [5.41, 5.74) is 1.21. The van der Waals surface area contributed by atoms with Gasteiger partial charge in [-0.25, -0.2) is 4.98 Å². The monoisotopic (exact) mass is 499 g/mol. The van der Waals surface area contributed by atoms with Crippen LogP contribution in [0.5, 0.6) is 0 Å². The summed E-state index contributed by atoms with van der Waals surface area (Å²) in [4.78, 5) is 33.3. The average Bonchev–Trinajstić information content (AvgIpc) is 2.79. The van der Waals surface area contributed by atoms with Crippen molar-refractivity contribution >= 4 is 51.6 Å². The Kier molecular flexibility index (Phi) is 6.75. The summed E-state index contributed by atoms with van der Waals surface area (Å²) in [5, 5.41) is 1.67. The number of benzene rings is 3. The first-order valence-electron chi connectivity index (χ1n) is 10.3. The number of aromatic nitrogens is 2. The molecule has 0 unspecified atom stereocenters. The van der Waals surface area contributed by atoms with E-state index >= 15 is 0 Å². The third-order valence-electron chi connectivity index (χ3n) is 5.50. The largest absolute Gasteiger partial charge is 0.331 e. The van der Waals surface area contributed by atoms with E-state index in [2.05, 4.69) is 0 Å². The number of para-hydroxylation sites is 1. The molecule has 1 aromatic heterocycles. The molecule has 1 atom stereocenters. The van der Waals surface area contributed by atoms with Crippen LogP contribution in [-0.2, 0) is 0 Å². The van der Waals surface area contributed by atoms with Crippen LogP contribution < -0.4 is 5.56 Å². The smallest absolute Gasteiger partial charge is 0.266 e. The normalized spacial score (nSPS) is 12.0. The minimum Gasteiger partial charge on any atom is -0.331 e. The molecule has 0 aliphatic carbocycles. The molecule has 33 heavy (non-hydrogen) atoms. The number of hydrogen-bond acceptors (Lipinski definition) is 3. The molecular formula is C25H20Cl3N3O2. The van der Waals surface area contributed by atoms with Gasteiger partial charge in [0.1, 0.15) is 5.82 Å². The van der Waals surface area contributed by atoms with Gasteiger partial charge in [0, 0.05) is 17.1 Å². The van der Waals surface area contributed by atoms with Crippen LogP contribution in [-0.4, -0.2) is 27.4 Å². The quantitative estimate of drug-likeness (QED) is 0.311. The van der Waals surface area contributed by atoms with Crippen LogP contribution in [0.25, 0.3) is 16.6 Å². The van der Waals surface area contributed by atoms with Gasteiger partial charge < -0.3 is 4.90 Å². The van der Waals surface area contributed by atoms with Crippen LogP contribution in [0.3, 0.4) is 0 Å². The molecule has 0 aliphatic heterocycles. The molecule has 0 spiro atoms. The number of carbonyl (C=O) groups excluding carboxylic acids is 1. The van der Waals surface area contributed by atoms with E-state index in [0.717, 1.165) is 0 Å². The van der Waals surface area contributed by atoms with Crippen molar-refractivity contribution in [2.75, 3.05) is 7.05 Å². The predicted octanol–water partition coefficient (Wildman–Crippen LogP) is 6.57. The molecule has 0 bridgehead atoms. The molecule has 0 saturated heterocycles. The second kappa shape index (κ2) is 9.56. The molecule has 0 N–H and O–H groups in total. The summed E-state index contributed by atoms with van der Waals surface area (Å²) in [6, 6.07) is 18.4. The van der Waals surface area contributed by atoms with Gasteiger partial charge in [-0.3, -0.25) is 14.2 Å². The van der Waals surface area contributed by atoms with Gasteiger partial charge >= 0.3 is 0 Å². The molecule has 4 rings (SSSR count). The number of carbonyl (C=O) groups is 1. The van der Waals surface area contributed by atoms with Crippen LogP contribution in [0.1, 0.15) is 35.6 Å². The van der Waals surface area contributed by atoms with E-state index < -0.39 is 6.04 Å². The second-order valence-corrected chi connectivity index (χ2v) is 8.85. The van der Waals surface area contributed by atoms with Crippen LogP contribution in [0.15, 0.2) is 71.5 Å². The van der Waals surface area contributed by atoms with Gasteiger partial charge in [-0.2, -0.15) is 0 Å². The fourth-order valence-electron chi connectivity index (χ4n) is 3.86. The Bertz CT molecular complexity index is 1420. The van der Waals surface area contributed by atoms with Crippen molar-refractivity contribution < 1.29 is 4.79 Å². The summed E-state index contributed by atoms with van der Waals surface area (Å²) in [5.74, 6) is 0.132. The van der Waals surface area contributed by atoms with Gasteiger partial charge in [-0.1, -0.05) is 59.9 Å². The number of hydrogen-bond donors (Lipinski definition) is 0. The molecule has 1 heterocycles. The predicted molar refractivity (Wildman–Crippen MR) is 134 cm³/mol. The van der Waals surface area contributed by atoms with Crippen molar-refractivity contribution in [1.29, 1.82) is 0 Å². The minimum absolute atomic E-state index is 0.235. The van der Waals surface area contributed by atoms with Crippen LogP contribution >= 0.6 is 34.8 Å². The molecule has 168 valence electrons. The van der Waals surface area contributed by atoms with Gasteiger partial charge in [0.2, 0.25) is 0 Å². The molecule has 0 saturated carbocycles. The fraction of sp³-hybridized carbons (Fsp3) is 0.160. The van der Waals surface area contributed by atoms with E-state index in [0.29, 0.717) is 44.4 Å². The molecular weight excluding hydrogens is 481 g/mol. The van der Waals surface area contributed by atoms with Crippen LogP contribution in [0.4, 0.5) is 0 Å². The van der Waals surface area contributed by atoms with E-state index in [9.17, 15) is 9.59 Å². The van der Waals surface area contributed by atoms with Gasteiger partial charge in [0.25, 0.3) is 11.5 Å². The molecule has 4 aromatic rings. The number of rotatable bonds is 5. The van der Waals surface area contributed by atoms with Crippen molar-refractivity contribution in [2.45, 2.75) is 19.4 Å². The maximum absolute atomic E-state index is 13.6. The molecule has 5 nitrogen and oxygen atoms in total. The molecule has 8 heteroatoms. The van der Waals surface area contributed by atoms with E-state index in [4.69, 9.17) is 39.8 Å². The Morgan fingerprint density at radius 3 is 2.42 bits per heavy atom. The highest BCUT2D eigenvalue weighted by Crippen LogP contribution is 2.29. The molecule has 0 fully saturated rings. The molecule has 1 amide bonds. The second-order valence-electron chi connectivity index (χ2n) is 7.57.